The zero-order valence-electron chi connectivity index (χ0n) is 23.8. The van der Waals surface area contributed by atoms with Gasteiger partial charge in [0, 0.05) is 48.7 Å². The third kappa shape index (κ3) is 8.20. The van der Waals surface area contributed by atoms with Crippen LogP contribution in [-0.4, -0.2) is 57.8 Å². The van der Waals surface area contributed by atoms with Gasteiger partial charge in [-0.3, -0.25) is 9.59 Å². The summed E-state index contributed by atoms with van der Waals surface area (Å²) >= 11 is 6.05. The molecule has 0 spiro atoms. The molecule has 2 fully saturated rings. The first-order valence-corrected chi connectivity index (χ1v) is 14.9. The SMILES string of the molecule is O=C(O)CCC(=O)Nc1cccc([C@H]2O[C@@H](CN3CCC(O)(c4ccc(Cl)cc4)CC3)C[C@@H](c3ccc(CO)cc3)O2)c1. The first-order chi connectivity index (χ1) is 20.7. The monoisotopic (exact) mass is 608 g/mol. The zero-order valence-corrected chi connectivity index (χ0v) is 24.6. The number of nitrogens with one attached hydrogen (secondary N) is 1. The minimum absolute atomic E-state index is 0.0392. The van der Waals surface area contributed by atoms with Gasteiger partial charge in [-0.05, 0) is 53.8 Å². The Kier molecular flexibility index (Phi) is 10.1. The Labute approximate surface area is 256 Å². The number of likely N-dealkylation sites (tertiary alicyclic amines) is 1. The number of hydrogen-bond donors (Lipinski definition) is 4. The van der Waals surface area contributed by atoms with Crippen LogP contribution in [0.5, 0.6) is 0 Å². The highest BCUT2D eigenvalue weighted by Crippen LogP contribution is 2.40. The van der Waals surface area contributed by atoms with Gasteiger partial charge in [0.05, 0.1) is 30.8 Å². The maximum absolute atomic E-state index is 12.2. The fourth-order valence-corrected chi connectivity index (χ4v) is 5.81. The minimum Gasteiger partial charge on any atom is -0.481 e. The molecule has 10 heteroatoms. The van der Waals surface area contributed by atoms with Gasteiger partial charge in [-0.1, -0.05) is 60.1 Å². The number of aliphatic hydroxyl groups excluding tert-OH is 1. The van der Waals surface area contributed by atoms with Crippen molar-refractivity contribution in [1.82, 2.24) is 4.90 Å². The Morgan fingerprint density at radius 3 is 2.35 bits per heavy atom. The number of halogens is 1. The number of nitrogens with zero attached hydrogens (tertiary/aromatic N) is 1. The molecule has 3 aromatic rings. The molecule has 0 aliphatic carbocycles. The van der Waals surface area contributed by atoms with Crippen molar-refractivity contribution in [3.8, 4) is 0 Å². The molecule has 0 aromatic heterocycles. The van der Waals surface area contributed by atoms with Crippen LogP contribution in [0.4, 0.5) is 5.69 Å². The molecule has 228 valence electrons. The van der Waals surface area contributed by atoms with Crippen LogP contribution in [0.15, 0.2) is 72.8 Å². The highest BCUT2D eigenvalue weighted by Gasteiger charge is 2.37. The molecule has 2 saturated heterocycles. The lowest BCUT2D eigenvalue weighted by Crippen LogP contribution is -2.46. The molecular weight excluding hydrogens is 572 g/mol. The summed E-state index contributed by atoms with van der Waals surface area (Å²) in [5, 5.41) is 33.1. The molecule has 2 aliphatic heterocycles. The second-order valence-corrected chi connectivity index (χ2v) is 11.7. The van der Waals surface area contributed by atoms with Crippen molar-refractivity contribution < 1.29 is 34.4 Å². The molecule has 2 heterocycles. The van der Waals surface area contributed by atoms with Gasteiger partial charge >= 0.3 is 5.97 Å². The van der Waals surface area contributed by atoms with Crippen LogP contribution in [-0.2, 0) is 31.3 Å². The third-order valence-corrected chi connectivity index (χ3v) is 8.40. The predicted octanol–water partition coefficient (Wildman–Crippen LogP) is 5.16. The van der Waals surface area contributed by atoms with Crippen LogP contribution in [0.3, 0.4) is 0 Å². The maximum atomic E-state index is 12.2. The highest BCUT2D eigenvalue weighted by atomic mass is 35.5. The van der Waals surface area contributed by atoms with Gasteiger partial charge in [-0.2, -0.15) is 0 Å². The summed E-state index contributed by atoms with van der Waals surface area (Å²) in [5.41, 5.74) is 3.03. The summed E-state index contributed by atoms with van der Waals surface area (Å²) in [4.78, 5) is 25.4. The molecule has 0 unspecified atom stereocenters. The molecule has 2 aliphatic rings. The standard InChI is InChI=1S/C33H37ClN2O7/c34-26-10-8-25(9-11-26)33(41)14-16-36(17-15-33)20-28-19-29(23-6-4-22(21-37)5-7-23)43-32(42-28)24-2-1-3-27(18-24)35-30(38)12-13-31(39)40/h1-11,18,28-29,32,37,41H,12-17,19-21H2,(H,35,38)(H,39,40)/t28-,29+,32+/m1/s1. The highest BCUT2D eigenvalue weighted by molar-refractivity contribution is 6.30. The van der Waals surface area contributed by atoms with Gasteiger partial charge in [0.2, 0.25) is 5.91 Å². The average molecular weight is 609 g/mol. The summed E-state index contributed by atoms with van der Waals surface area (Å²) in [6.45, 7) is 2.03. The topological polar surface area (TPSA) is 129 Å². The summed E-state index contributed by atoms with van der Waals surface area (Å²) in [6.07, 6.45) is 0.317. The van der Waals surface area contributed by atoms with Crippen LogP contribution in [0.25, 0.3) is 0 Å². The van der Waals surface area contributed by atoms with Gasteiger partial charge in [-0.15, -0.1) is 0 Å². The lowest BCUT2D eigenvalue weighted by Gasteiger charge is -2.42. The Hall–Kier alpha value is -3.31. The van der Waals surface area contributed by atoms with E-state index in [1.807, 2.05) is 42.5 Å². The first-order valence-electron chi connectivity index (χ1n) is 14.5. The van der Waals surface area contributed by atoms with E-state index in [-0.39, 0.29) is 37.6 Å². The Morgan fingerprint density at radius 1 is 0.953 bits per heavy atom. The molecule has 43 heavy (non-hydrogen) atoms. The molecule has 9 nitrogen and oxygen atoms in total. The number of benzene rings is 3. The Balaban J connectivity index is 1.29. The predicted molar refractivity (Wildman–Crippen MR) is 161 cm³/mol. The van der Waals surface area contributed by atoms with Crippen molar-refractivity contribution in [2.45, 2.75) is 62.8 Å². The number of piperidine rings is 1. The van der Waals surface area contributed by atoms with Crippen molar-refractivity contribution >= 4 is 29.2 Å². The number of rotatable bonds is 10. The molecule has 5 rings (SSSR count). The third-order valence-electron chi connectivity index (χ3n) is 8.15. The minimum atomic E-state index is -1.03. The zero-order chi connectivity index (χ0) is 30.4. The van der Waals surface area contributed by atoms with E-state index in [1.54, 1.807) is 30.3 Å². The normalized spacial score (nSPS) is 22.2. The van der Waals surface area contributed by atoms with Gasteiger partial charge in [0.15, 0.2) is 6.29 Å². The van der Waals surface area contributed by atoms with Crippen LogP contribution < -0.4 is 5.32 Å². The number of carboxylic acid groups (broad SMARTS) is 1. The van der Waals surface area contributed by atoms with E-state index in [4.69, 9.17) is 26.2 Å². The molecule has 3 aromatic carbocycles. The summed E-state index contributed by atoms with van der Waals surface area (Å²) in [6, 6.07) is 22.3. The van der Waals surface area contributed by atoms with E-state index in [2.05, 4.69) is 10.2 Å². The molecule has 0 bridgehead atoms. The van der Waals surface area contributed by atoms with E-state index in [0.717, 1.165) is 22.3 Å². The van der Waals surface area contributed by atoms with Crippen molar-refractivity contribution in [1.29, 1.82) is 0 Å². The number of ether oxygens (including phenoxy) is 2. The van der Waals surface area contributed by atoms with Crippen LogP contribution in [0.2, 0.25) is 5.02 Å². The second kappa shape index (κ2) is 14.0. The molecule has 1 amide bonds. The van der Waals surface area contributed by atoms with Gasteiger partial charge < -0.3 is 35.0 Å². The molecular formula is C33H37ClN2O7. The van der Waals surface area contributed by atoms with Crippen molar-refractivity contribution in [2.75, 3.05) is 25.0 Å². The van der Waals surface area contributed by atoms with Crippen LogP contribution >= 0.6 is 11.6 Å². The fourth-order valence-electron chi connectivity index (χ4n) is 5.68. The number of aliphatic hydroxyl groups is 2. The number of anilines is 1. The number of carboxylic acids is 1. The van der Waals surface area contributed by atoms with E-state index >= 15 is 0 Å². The van der Waals surface area contributed by atoms with E-state index in [9.17, 15) is 19.8 Å². The second-order valence-electron chi connectivity index (χ2n) is 11.3. The van der Waals surface area contributed by atoms with Crippen molar-refractivity contribution in [2.24, 2.45) is 0 Å². The summed E-state index contributed by atoms with van der Waals surface area (Å²) in [5.74, 6) is -1.41. The largest absolute Gasteiger partial charge is 0.481 e. The Bertz CT molecular complexity index is 1390. The number of aliphatic carboxylic acids is 1. The molecule has 3 atom stereocenters. The van der Waals surface area contributed by atoms with E-state index in [0.29, 0.717) is 49.6 Å². The summed E-state index contributed by atoms with van der Waals surface area (Å²) < 4.78 is 12.9. The van der Waals surface area contributed by atoms with Crippen molar-refractivity contribution in [3.05, 3.63) is 100 Å². The molecule has 0 radical (unpaired) electrons. The quantitative estimate of drug-likeness (QED) is 0.248. The number of carbonyl (C=O) groups excluding carboxylic acids is 1. The van der Waals surface area contributed by atoms with Gasteiger partial charge in [0.1, 0.15) is 0 Å². The average Bonchev–Trinajstić information content (AvgIpc) is 3.01. The number of carbonyl (C=O) groups is 2. The molecule has 4 N–H and O–H groups in total. The first kappa shape index (κ1) is 31.1. The summed E-state index contributed by atoms with van der Waals surface area (Å²) in [7, 11) is 0. The van der Waals surface area contributed by atoms with Crippen molar-refractivity contribution in [3.63, 3.8) is 0 Å². The van der Waals surface area contributed by atoms with Gasteiger partial charge in [-0.25, -0.2) is 0 Å². The molecule has 0 saturated carbocycles. The number of hydrogen-bond acceptors (Lipinski definition) is 7. The fraction of sp³-hybridized carbons (Fsp3) is 0.394. The Morgan fingerprint density at radius 2 is 1.67 bits per heavy atom. The lowest BCUT2D eigenvalue weighted by molar-refractivity contribution is -0.253. The van der Waals surface area contributed by atoms with Gasteiger partial charge in [0.25, 0.3) is 0 Å². The van der Waals surface area contributed by atoms with E-state index in [1.165, 1.54) is 0 Å². The van der Waals surface area contributed by atoms with Crippen LogP contribution in [0.1, 0.15) is 66.8 Å². The van der Waals surface area contributed by atoms with Crippen LogP contribution in [0, 0.1) is 0 Å². The smallest absolute Gasteiger partial charge is 0.303 e. The number of amides is 1. The maximum Gasteiger partial charge on any atom is 0.303 e. The van der Waals surface area contributed by atoms with E-state index < -0.39 is 17.9 Å². The lowest BCUT2D eigenvalue weighted by atomic mass is 9.84.